The monoisotopic (exact) mass is 323 g/mol. The predicted molar refractivity (Wildman–Crippen MR) is 92.8 cm³/mol. The first-order chi connectivity index (χ1) is 11.8. The Kier molecular flexibility index (Phi) is 4.13. The molecular weight excluding hydrogens is 302 g/mol. The molecule has 6 nitrogen and oxygen atoms in total. The lowest BCUT2D eigenvalue weighted by Crippen LogP contribution is -2.37. The summed E-state index contributed by atoms with van der Waals surface area (Å²) < 4.78 is 1.73. The molecule has 0 saturated carbocycles. The summed E-state index contributed by atoms with van der Waals surface area (Å²) in [7, 11) is 0. The van der Waals surface area contributed by atoms with E-state index >= 15 is 0 Å². The van der Waals surface area contributed by atoms with Gasteiger partial charge in [0.15, 0.2) is 0 Å². The van der Waals surface area contributed by atoms with Gasteiger partial charge in [0.05, 0.1) is 23.4 Å². The minimum Gasteiger partial charge on any atom is -0.297 e. The second kappa shape index (κ2) is 6.57. The van der Waals surface area contributed by atoms with Crippen molar-refractivity contribution in [2.75, 3.05) is 13.1 Å². The van der Waals surface area contributed by atoms with Crippen LogP contribution in [0.3, 0.4) is 0 Å². The number of para-hydroxylation sites is 1. The van der Waals surface area contributed by atoms with Gasteiger partial charge < -0.3 is 0 Å². The fraction of sp³-hybridized carbons (Fsp3) is 0.389. The van der Waals surface area contributed by atoms with Gasteiger partial charge in [-0.2, -0.15) is 5.10 Å². The number of aromatic nitrogens is 4. The van der Waals surface area contributed by atoms with E-state index in [9.17, 15) is 4.79 Å². The predicted octanol–water partition coefficient (Wildman–Crippen LogP) is 2.35. The van der Waals surface area contributed by atoms with Gasteiger partial charge >= 0.3 is 0 Å². The molecule has 6 heteroatoms. The van der Waals surface area contributed by atoms with Crippen LogP contribution < -0.4 is 5.56 Å². The van der Waals surface area contributed by atoms with Crippen molar-refractivity contribution in [3.8, 4) is 0 Å². The van der Waals surface area contributed by atoms with Crippen LogP contribution in [0.5, 0.6) is 0 Å². The highest BCUT2D eigenvalue weighted by Crippen LogP contribution is 2.29. The van der Waals surface area contributed by atoms with Crippen molar-refractivity contribution in [2.24, 2.45) is 0 Å². The maximum atomic E-state index is 12.6. The van der Waals surface area contributed by atoms with E-state index in [-0.39, 0.29) is 5.56 Å². The normalized spacial score (nSPS) is 18.9. The number of nitrogens with one attached hydrogen (secondary N) is 1. The lowest BCUT2D eigenvalue weighted by Gasteiger charge is -2.35. The minimum absolute atomic E-state index is 0.0393. The lowest BCUT2D eigenvalue weighted by molar-refractivity contribution is 0.143. The fourth-order valence-electron chi connectivity index (χ4n) is 3.58. The van der Waals surface area contributed by atoms with Crippen molar-refractivity contribution in [3.05, 3.63) is 58.9 Å². The van der Waals surface area contributed by atoms with Gasteiger partial charge in [0, 0.05) is 30.9 Å². The highest BCUT2D eigenvalue weighted by atomic mass is 16.1. The molecule has 0 spiro atoms. The van der Waals surface area contributed by atoms with E-state index in [1.54, 1.807) is 10.9 Å². The van der Waals surface area contributed by atoms with Crippen LogP contribution in [0.4, 0.5) is 0 Å². The van der Waals surface area contributed by atoms with E-state index in [1.807, 2.05) is 36.7 Å². The second-order valence-corrected chi connectivity index (χ2v) is 6.34. The number of fused-ring (bicyclic) bond motifs is 1. The number of nitrogens with zero attached hydrogens (tertiary/aromatic N) is 4. The van der Waals surface area contributed by atoms with Gasteiger partial charge in [-0.05, 0) is 31.5 Å². The number of hydrogen-bond acceptors (Lipinski definition) is 4. The molecule has 4 rings (SSSR count). The van der Waals surface area contributed by atoms with E-state index in [4.69, 9.17) is 0 Å². The highest BCUT2D eigenvalue weighted by Gasteiger charge is 2.24. The summed E-state index contributed by atoms with van der Waals surface area (Å²) in [5, 5.41) is 7.68. The van der Waals surface area contributed by atoms with Crippen molar-refractivity contribution in [1.82, 2.24) is 24.6 Å². The molecule has 1 aliphatic rings. The lowest BCUT2D eigenvalue weighted by atomic mass is 9.97. The topological polar surface area (TPSA) is 66.8 Å². The van der Waals surface area contributed by atoms with Crippen LogP contribution in [0.2, 0.25) is 0 Å². The summed E-state index contributed by atoms with van der Waals surface area (Å²) in [5.41, 5.74) is 2.03. The fourth-order valence-corrected chi connectivity index (χ4v) is 3.58. The molecule has 3 aromatic rings. The molecule has 3 heterocycles. The summed E-state index contributed by atoms with van der Waals surface area (Å²) in [6, 6.07) is 7.90. The van der Waals surface area contributed by atoms with E-state index in [1.165, 1.54) is 18.4 Å². The van der Waals surface area contributed by atoms with Gasteiger partial charge in [0.2, 0.25) is 0 Å². The number of H-pyrrole nitrogens is 1. The molecule has 2 aromatic heterocycles. The van der Waals surface area contributed by atoms with Crippen LogP contribution in [0.25, 0.3) is 10.9 Å². The molecule has 0 amide bonds. The number of rotatable bonds is 4. The Labute approximate surface area is 140 Å². The average Bonchev–Trinajstić information content (AvgIpc) is 3.16. The van der Waals surface area contributed by atoms with Crippen molar-refractivity contribution in [2.45, 2.75) is 31.8 Å². The Morgan fingerprint density at radius 3 is 3.00 bits per heavy atom. The van der Waals surface area contributed by atoms with Crippen molar-refractivity contribution in [3.63, 3.8) is 0 Å². The first-order valence-electron chi connectivity index (χ1n) is 8.50. The van der Waals surface area contributed by atoms with Crippen molar-refractivity contribution < 1.29 is 0 Å². The Morgan fingerprint density at radius 2 is 2.12 bits per heavy atom. The van der Waals surface area contributed by atoms with Gasteiger partial charge in [-0.25, -0.2) is 4.98 Å². The molecule has 1 unspecified atom stereocenters. The van der Waals surface area contributed by atoms with E-state index < -0.39 is 0 Å². The summed E-state index contributed by atoms with van der Waals surface area (Å²) in [5.74, 6) is 0. The third-order valence-corrected chi connectivity index (χ3v) is 4.88. The largest absolute Gasteiger partial charge is 0.297 e. The molecule has 24 heavy (non-hydrogen) atoms. The smallest absolute Gasteiger partial charge is 0.261 e. The van der Waals surface area contributed by atoms with Gasteiger partial charge in [-0.3, -0.25) is 19.4 Å². The average molecular weight is 323 g/mol. The summed E-state index contributed by atoms with van der Waals surface area (Å²) in [6.07, 6.45) is 9.15. The Hall–Kier alpha value is -2.47. The SMILES string of the molecule is O=c1c2ccccc2ncn1CCN1CCCCC1c1cn[nH]c1. The Bertz CT molecular complexity index is 871. The number of aromatic amines is 1. The van der Waals surface area contributed by atoms with Crippen LogP contribution in [0, 0.1) is 0 Å². The number of piperidine rings is 1. The molecule has 0 bridgehead atoms. The van der Waals surface area contributed by atoms with Crippen LogP contribution >= 0.6 is 0 Å². The van der Waals surface area contributed by atoms with Crippen LogP contribution in [0.15, 0.2) is 47.8 Å². The van der Waals surface area contributed by atoms with Crippen LogP contribution in [0.1, 0.15) is 30.9 Å². The molecule has 0 aliphatic carbocycles. The molecule has 124 valence electrons. The third-order valence-electron chi connectivity index (χ3n) is 4.88. The summed E-state index contributed by atoms with van der Waals surface area (Å²) >= 11 is 0. The zero-order chi connectivity index (χ0) is 16.4. The standard InChI is InChI=1S/C18H21N5O/c24-18-15-5-1-2-6-16(15)19-13-23(18)10-9-22-8-4-3-7-17(22)14-11-20-21-12-14/h1-2,5-6,11-13,17H,3-4,7-10H2,(H,20,21). The van der Waals surface area contributed by atoms with Gasteiger partial charge in [0.1, 0.15) is 0 Å². The maximum absolute atomic E-state index is 12.6. The second-order valence-electron chi connectivity index (χ2n) is 6.34. The molecule has 1 aliphatic heterocycles. The third kappa shape index (κ3) is 2.85. The molecule has 1 atom stereocenters. The maximum Gasteiger partial charge on any atom is 0.261 e. The molecule has 1 aromatic carbocycles. The molecule has 0 radical (unpaired) electrons. The molecular formula is C18H21N5O. The number of benzene rings is 1. The Balaban J connectivity index is 1.53. The van der Waals surface area contributed by atoms with Crippen LogP contribution in [-0.4, -0.2) is 37.7 Å². The Morgan fingerprint density at radius 1 is 1.21 bits per heavy atom. The van der Waals surface area contributed by atoms with E-state index in [0.717, 1.165) is 25.0 Å². The minimum atomic E-state index is 0.0393. The summed E-state index contributed by atoms with van der Waals surface area (Å²) in [6.45, 7) is 2.56. The first-order valence-corrected chi connectivity index (χ1v) is 8.50. The van der Waals surface area contributed by atoms with Gasteiger partial charge in [-0.1, -0.05) is 18.6 Å². The van der Waals surface area contributed by atoms with Crippen molar-refractivity contribution >= 4 is 10.9 Å². The van der Waals surface area contributed by atoms with E-state index in [2.05, 4.69) is 20.1 Å². The van der Waals surface area contributed by atoms with Gasteiger partial charge in [0.25, 0.3) is 5.56 Å². The summed E-state index contributed by atoms with van der Waals surface area (Å²) in [4.78, 5) is 19.5. The van der Waals surface area contributed by atoms with Crippen molar-refractivity contribution in [1.29, 1.82) is 0 Å². The molecule has 1 fully saturated rings. The number of likely N-dealkylation sites (tertiary alicyclic amines) is 1. The quantitative estimate of drug-likeness (QED) is 0.800. The molecule has 1 N–H and O–H groups in total. The van der Waals surface area contributed by atoms with E-state index in [0.29, 0.717) is 18.0 Å². The van der Waals surface area contributed by atoms with Gasteiger partial charge in [-0.15, -0.1) is 0 Å². The zero-order valence-electron chi connectivity index (χ0n) is 13.6. The van der Waals surface area contributed by atoms with Crippen LogP contribution in [-0.2, 0) is 6.54 Å². The highest BCUT2D eigenvalue weighted by molar-refractivity contribution is 5.76. The number of hydrogen-bond donors (Lipinski definition) is 1. The first kappa shape index (κ1) is 15.1. The zero-order valence-corrected chi connectivity index (χ0v) is 13.6. The molecule has 1 saturated heterocycles.